The lowest BCUT2D eigenvalue weighted by Gasteiger charge is -2.49. The van der Waals surface area contributed by atoms with Gasteiger partial charge in [-0.2, -0.15) is 5.10 Å². The van der Waals surface area contributed by atoms with E-state index < -0.39 is 0 Å². The van der Waals surface area contributed by atoms with E-state index in [4.69, 9.17) is 0 Å². The summed E-state index contributed by atoms with van der Waals surface area (Å²) in [5, 5.41) is 5.66. The first-order chi connectivity index (χ1) is 16.2. The number of piperidine rings is 1. The van der Waals surface area contributed by atoms with Crippen LogP contribution in [0.3, 0.4) is 0 Å². The van der Waals surface area contributed by atoms with Gasteiger partial charge in [0.15, 0.2) is 0 Å². The van der Waals surface area contributed by atoms with E-state index >= 15 is 0 Å². The minimum absolute atomic E-state index is 0.310. The maximum absolute atomic E-state index is 13.1. The molecule has 0 aromatic carbocycles. The highest BCUT2D eigenvalue weighted by Gasteiger charge is 2.48. The van der Waals surface area contributed by atoms with E-state index in [1.54, 1.807) is 6.33 Å². The molecule has 1 radical (unpaired) electrons. The van der Waals surface area contributed by atoms with Crippen LogP contribution in [0.25, 0.3) is 22.3 Å². The number of H-pyrrole nitrogens is 1. The molecule has 8 heteroatoms. The zero-order chi connectivity index (χ0) is 21.9. The molecule has 6 heterocycles. The third-order valence-electron chi connectivity index (χ3n) is 8.49. The number of fused-ring (bicyclic) bond motifs is 3. The van der Waals surface area contributed by atoms with Crippen molar-refractivity contribution < 1.29 is 4.79 Å². The van der Waals surface area contributed by atoms with Gasteiger partial charge in [0.2, 0.25) is 5.91 Å². The van der Waals surface area contributed by atoms with Crippen molar-refractivity contribution in [3.05, 3.63) is 37.0 Å². The average Bonchev–Trinajstić information content (AvgIpc) is 3.59. The fourth-order valence-electron chi connectivity index (χ4n) is 6.74. The smallest absolute Gasteiger partial charge is 0.226 e. The van der Waals surface area contributed by atoms with Crippen LogP contribution in [0.5, 0.6) is 0 Å². The molecular weight excluding hydrogens is 414 g/mol. The minimum atomic E-state index is 0.310. The zero-order valence-corrected chi connectivity index (χ0v) is 18.9. The second-order valence-electron chi connectivity index (χ2n) is 10.3. The standard InChI is InChI=1S/C25H30N7O/c33-25(16-3-1-2-4-16)32-18-5-6-19(32)10-20(9-18)30-13-21(14-30)31-12-17(11-29-31)23-22-7-8-26-24(22)28-15-27-23/h7-8,11-12,15-16,18-20H,1-6,9-10,13-14H2,(H,26,27,28). The molecule has 2 atom stereocenters. The highest BCUT2D eigenvalue weighted by molar-refractivity contribution is 5.90. The van der Waals surface area contributed by atoms with Crippen LogP contribution in [0.2, 0.25) is 0 Å². The van der Waals surface area contributed by atoms with Gasteiger partial charge in [-0.3, -0.25) is 14.4 Å². The van der Waals surface area contributed by atoms with Gasteiger partial charge >= 0.3 is 0 Å². The molecule has 7 rings (SSSR count). The van der Waals surface area contributed by atoms with Gasteiger partial charge in [0, 0.05) is 60.5 Å². The maximum Gasteiger partial charge on any atom is 0.226 e. The second-order valence-corrected chi connectivity index (χ2v) is 10.3. The van der Waals surface area contributed by atoms with Crippen LogP contribution in [0.15, 0.2) is 31.0 Å². The largest absolute Gasteiger partial charge is 0.346 e. The molecule has 1 aliphatic carbocycles. The number of nitrogens with zero attached hydrogens (tertiary/aromatic N) is 6. The number of likely N-dealkylation sites (tertiary alicyclic amines) is 1. The molecule has 1 amide bonds. The van der Waals surface area contributed by atoms with Crippen molar-refractivity contribution >= 4 is 16.9 Å². The van der Waals surface area contributed by atoms with Gasteiger partial charge in [0.1, 0.15) is 18.0 Å². The van der Waals surface area contributed by atoms with Gasteiger partial charge in [0.25, 0.3) is 0 Å². The minimum Gasteiger partial charge on any atom is -0.346 e. The first kappa shape index (κ1) is 19.7. The molecule has 2 bridgehead atoms. The summed E-state index contributed by atoms with van der Waals surface area (Å²) in [5.74, 6) is 0.782. The van der Waals surface area contributed by atoms with Crippen LogP contribution in [-0.4, -0.2) is 71.7 Å². The van der Waals surface area contributed by atoms with E-state index in [1.807, 2.05) is 23.1 Å². The molecule has 171 valence electrons. The topological polar surface area (TPSA) is 82.9 Å². The average molecular weight is 445 g/mol. The van der Waals surface area contributed by atoms with E-state index in [0.29, 0.717) is 30.0 Å². The third-order valence-corrected chi connectivity index (χ3v) is 8.49. The maximum atomic E-state index is 13.1. The first-order valence-corrected chi connectivity index (χ1v) is 12.5. The van der Waals surface area contributed by atoms with Gasteiger partial charge in [-0.1, -0.05) is 12.8 Å². The lowest BCUT2D eigenvalue weighted by atomic mass is 9.91. The van der Waals surface area contributed by atoms with E-state index in [9.17, 15) is 4.79 Å². The van der Waals surface area contributed by atoms with Crippen LogP contribution in [-0.2, 0) is 4.79 Å². The first-order valence-electron chi connectivity index (χ1n) is 12.5. The predicted octanol–water partition coefficient (Wildman–Crippen LogP) is 3.23. The normalized spacial score (nSPS) is 28.6. The summed E-state index contributed by atoms with van der Waals surface area (Å²) in [6, 6.07) is 4.86. The molecule has 3 aromatic rings. The number of carbonyl (C=O) groups excluding carboxylic acids is 1. The van der Waals surface area contributed by atoms with Crippen molar-refractivity contribution in [3.8, 4) is 11.3 Å². The van der Waals surface area contributed by atoms with Gasteiger partial charge in [-0.25, -0.2) is 9.97 Å². The summed E-state index contributed by atoms with van der Waals surface area (Å²) in [6.45, 7) is 1.93. The molecule has 2 unspecified atom stereocenters. The van der Waals surface area contributed by atoms with Crippen molar-refractivity contribution in [1.82, 2.24) is 34.5 Å². The van der Waals surface area contributed by atoms with E-state index in [2.05, 4.69) is 36.0 Å². The van der Waals surface area contributed by atoms with Crippen molar-refractivity contribution in [2.24, 2.45) is 5.92 Å². The monoisotopic (exact) mass is 444 g/mol. The Kier molecular flexibility index (Phi) is 4.57. The number of aromatic amines is 1. The summed E-state index contributed by atoms with van der Waals surface area (Å²) in [5.41, 5.74) is 2.78. The molecular formula is C25H30N7O. The summed E-state index contributed by atoms with van der Waals surface area (Å²) in [4.78, 5) is 30.0. The molecule has 4 fully saturated rings. The Morgan fingerprint density at radius 2 is 1.79 bits per heavy atom. The quantitative estimate of drug-likeness (QED) is 0.668. The molecule has 1 saturated carbocycles. The van der Waals surface area contributed by atoms with Gasteiger partial charge < -0.3 is 9.88 Å². The van der Waals surface area contributed by atoms with Crippen LogP contribution in [0.1, 0.15) is 51.4 Å². The Morgan fingerprint density at radius 3 is 2.58 bits per heavy atom. The molecule has 3 aromatic heterocycles. The lowest BCUT2D eigenvalue weighted by molar-refractivity contribution is -0.141. The lowest BCUT2D eigenvalue weighted by Crippen LogP contribution is -2.59. The zero-order valence-electron chi connectivity index (χ0n) is 18.9. The van der Waals surface area contributed by atoms with Crippen LogP contribution in [0, 0.1) is 12.0 Å². The number of carbonyl (C=O) groups is 1. The molecule has 3 saturated heterocycles. The molecule has 4 aliphatic rings. The molecule has 0 spiro atoms. The summed E-state index contributed by atoms with van der Waals surface area (Å²) < 4.78 is 2.03. The van der Waals surface area contributed by atoms with Gasteiger partial charge in [0.05, 0.1) is 11.9 Å². The number of amides is 1. The summed E-state index contributed by atoms with van der Waals surface area (Å²) in [6.07, 6.45) is 16.8. The summed E-state index contributed by atoms with van der Waals surface area (Å²) in [7, 11) is 0. The van der Waals surface area contributed by atoms with E-state index in [1.165, 1.54) is 31.7 Å². The highest BCUT2D eigenvalue weighted by Crippen LogP contribution is 2.42. The van der Waals surface area contributed by atoms with E-state index in [-0.39, 0.29) is 0 Å². The van der Waals surface area contributed by atoms with Crippen molar-refractivity contribution in [3.63, 3.8) is 0 Å². The predicted molar refractivity (Wildman–Crippen MR) is 124 cm³/mol. The van der Waals surface area contributed by atoms with Gasteiger partial charge in [-0.05, 0) is 44.6 Å². The Bertz CT molecular complexity index is 1160. The number of hydrogen-bond donors (Lipinski definition) is 1. The number of aromatic nitrogens is 5. The molecule has 3 aliphatic heterocycles. The van der Waals surface area contributed by atoms with Gasteiger partial charge in [-0.15, -0.1) is 0 Å². The van der Waals surface area contributed by atoms with Crippen LogP contribution >= 0.6 is 0 Å². The molecule has 8 nitrogen and oxygen atoms in total. The van der Waals surface area contributed by atoms with Crippen molar-refractivity contribution in [2.75, 3.05) is 13.1 Å². The van der Waals surface area contributed by atoms with Crippen molar-refractivity contribution in [1.29, 1.82) is 0 Å². The van der Waals surface area contributed by atoms with Crippen LogP contribution < -0.4 is 0 Å². The fourth-order valence-corrected chi connectivity index (χ4v) is 6.74. The van der Waals surface area contributed by atoms with Crippen molar-refractivity contribution in [2.45, 2.75) is 69.5 Å². The second kappa shape index (κ2) is 7.65. The Labute approximate surface area is 193 Å². The number of hydrogen-bond acceptors (Lipinski definition) is 5. The molecule has 33 heavy (non-hydrogen) atoms. The highest BCUT2D eigenvalue weighted by atomic mass is 16.2. The summed E-state index contributed by atoms with van der Waals surface area (Å²) >= 11 is 0. The number of nitrogens with one attached hydrogen (secondary N) is 1. The Hall–Kier alpha value is -2.74. The SMILES string of the molecule is O=C(C1CCCC1)N1C2CCC1CC(N1C[C](n3cc(-c4ncnc5[nH]ccc45)cn3)C1)C2. The van der Waals surface area contributed by atoms with E-state index in [0.717, 1.165) is 61.1 Å². The van der Waals surface area contributed by atoms with Crippen LogP contribution in [0.4, 0.5) is 0 Å². The third kappa shape index (κ3) is 3.21. The fraction of sp³-hybridized carbons (Fsp3) is 0.560. The Balaban J connectivity index is 1.00. The molecule has 1 N–H and O–H groups in total. The number of rotatable bonds is 4. The Morgan fingerprint density at radius 1 is 1.00 bits per heavy atom.